The normalized spacial score (nSPS) is 18.4. The zero-order chi connectivity index (χ0) is 22.9. The maximum atomic E-state index is 12.8. The lowest BCUT2D eigenvalue weighted by molar-refractivity contribution is 0.0253. The summed E-state index contributed by atoms with van der Waals surface area (Å²) in [6.45, 7) is 15.6. The van der Waals surface area contributed by atoms with E-state index in [0.717, 1.165) is 81.4 Å². The quantitative estimate of drug-likeness (QED) is 0.570. The zero-order valence-electron chi connectivity index (χ0n) is 20.6. The number of hydrogen-bond acceptors (Lipinski definition) is 4. The van der Waals surface area contributed by atoms with Gasteiger partial charge in [-0.1, -0.05) is 20.8 Å². The van der Waals surface area contributed by atoms with E-state index in [1.54, 1.807) is 0 Å². The third kappa shape index (κ3) is 7.66. The highest BCUT2D eigenvalue weighted by Crippen LogP contribution is 2.26. The fraction of sp³-hybridized carbons (Fsp3) is 0.731. The van der Waals surface area contributed by atoms with Gasteiger partial charge < -0.3 is 24.6 Å². The molecule has 0 spiro atoms. The van der Waals surface area contributed by atoms with Gasteiger partial charge in [-0.05, 0) is 74.9 Å². The minimum atomic E-state index is 0.0101. The highest BCUT2D eigenvalue weighted by Gasteiger charge is 2.23. The Morgan fingerprint density at radius 1 is 1.22 bits per heavy atom. The number of hydrogen-bond donors (Lipinski definition) is 1. The molecular weight excluding hydrogens is 402 g/mol. The van der Waals surface area contributed by atoms with Crippen LogP contribution in [0.2, 0.25) is 0 Å². The molecule has 180 valence electrons. The number of rotatable bonds is 9. The summed E-state index contributed by atoms with van der Waals surface area (Å²) in [6.07, 6.45) is 5.53. The molecule has 2 aliphatic heterocycles. The summed E-state index contributed by atoms with van der Waals surface area (Å²) in [5, 5.41) is 3.08. The minimum Gasteiger partial charge on any atom is -0.490 e. The first-order valence-electron chi connectivity index (χ1n) is 12.6. The molecule has 1 aromatic rings. The highest BCUT2D eigenvalue weighted by atomic mass is 16.5. The molecule has 2 aliphatic rings. The molecule has 6 nitrogen and oxygen atoms in total. The molecule has 32 heavy (non-hydrogen) atoms. The summed E-state index contributed by atoms with van der Waals surface area (Å²) in [7, 11) is 0. The van der Waals surface area contributed by atoms with Gasteiger partial charge in [0.1, 0.15) is 11.9 Å². The lowest BCUT2D eigenvalue weighted by atomic mass is 9.93. The molecule has 6 heteroatoms. The first-order chi connectivity index (χ1) is 15.4. The number of benzene rings is 1. The average Bonchev–Trinajstić information content (AvgIpc) is 2.79. The number of anilines is 1. The van der Waals surface area contributed by atoms with Crippen LogP contribution in [-0.4, -0.2) is 67.9 Å². The maximum absolute atomic E-state index is 12.8. The number of amides is 2. The summed E-state index contributed by atoms with van der Waals surface area (Å²) in [6, 6.07) is 5.94. The van der Waals surface area contributed by atoms with Gasteiger partial charge in [0.15, 0.2) is 0 Å². The summed E-state index contributed by atoms with van der Waals surface area (Å²) in [5.74, 6) is 2.34. The van der Waals surface area contributed by atoms with Gasteiger partial charge in [0.05, 0.1) is 13.2 Å². The van der Waals surface area contributed by atoms with Gasteiger partial charge >= 0.3 is 6.03 Å². The Labute approximate surface area is 194 Å². The largest absolute Gasteiger partial charge is 0.490 e. The van der Waals surface area contributed by atoms with Crippen molar-refractivity contribution < 1.29 is 14.3 Å². The second-order valence-electron chi connectivity index (χ2n) is 9.85. The number of likely N-dealkylation sites (tertiary alicyclic amines) is 1. The van der Waals surface area contributed by atoms with Crippen LogP contribution in [0.5, 0.6) is 5.75 Å². The third-order valence-corrected chi connectivity index (χ3v) is 6.71. The van der Waals surface area contributed by atoms with Crippen LogP contribution in [0.1, 0.15) is 58.4 Å². The van der Waals surface area contributed by atoms with Crippen LogP contribution in [0.25, 0.3) is 0 Å². The molecule has 2 heterocycles. The molecule has 2 fully saturated rings. The number of carbonyl (C=O) groups excluding carboxylic acids is 1. The molecule has 0 radical (unpaired) electrons. The predicted molar refractivity (Wildman–Crippen MR) is 131 cm³/mol. The molecule has 1 N–H and O–H groups in total. The van der Waals surface area contributed by atoms with Crippen LogP contribution >= 0.6 is 0 Å². The second-order valence-corrected chi connectivity index (χ2v) is 9.85. The van der Waals surface area contributed by atoms with E-state index in [0.29, 0.717) is 5.92 Å². The van der Waals surface area contributed by atoms with Gasteiger partial charge in [0, 0.05) is 38.2 Å². The van der Waals surface area contributed by atoms with E-state index in [1.165, 1.54) is 19.5 Å². The van der Waals surface area contributed by atoms with Gasteiger partial charge in [-0.25, -0.2) is 4.79 Å². The van der Waals surface area contributed by atoms with E-state index in [2.05, 4.69) is 31.0 Å². The van der Waals surface area contributed by atoms with Gasteiger partial charge in [-0.15, -0.1) is 0 Å². The van der Waals surface area contributed by atoms with Crippen molar-refractivity contribution >= 4 is 11.7 Å². The molecule has 1 aromatic carbocycles. The number of carbonyl (C=O) groups is 1. The minimum absolute atomic E-state index is 0.0101. The third-order valence-electron chi connectivity index (χ3n) is 6.71. The summed E-state index contributed by atoms with van der Waals surface area (Å²) >= 11 is 0. The molecule has 2 amide bonds. The Kier molecular flexibility index (Phi) is 9.67. The Balaban J connectivity index is 1.42. The van der Waals surface area contributed by atoms with Crippen LogP contribution < -0.4 is 10.1 Å². The van der Waals surface area contributed by atoms with E-state index in [4.69, 9.17) is 9.47 Å². The van der Waals surface area contributed by atoms with Crippen molar-refractivity contribution in [3.63, 3.8) is 0 Å². The summed E-state index contributed by atoms with van der Waals surface area (Å²) < 4.78 is 11.5. The first-order valence-corrected chi connectivity index (χ1v) is 12.6. The Bertz CT molecular complexity index is 710. The fourth-order valence-electron chi connectivity index (χ4n) is 4.72. The van der Waals surface area contributed by atoms with Gasteiger partial charge in [-0.3, -0.25) is 0 Å². The van der Waals surface area contributed by atoms with Crippen molar-refractivity contribution in [1.82, 2.24) is 9.80 Å². The molecule has 2 saturated heterocycles. The summed E-state index contributed by atoms with van der Waals surface area (Å²) in [4.78, 5) is 17.3. The topological polar surface area (TPSA) is 54.0 Å². The van der Waals surface area contributed by atoms with Crippen LogP contribution in [0.3, 0.4) is 0 Å². The monoisotopic (exact) mass is 445 g/mol. The lowest BCUT2D eigenvalue weighted by Crippen LogP contribution is -2.41. The standard InChI is InChI=1S/C26H43N3O3/c1-5-28(19-20(2)3)13-8-22-9-14-29(15-10-22)26(30)27-23-6-7-25(21(4)18-23)32-24-11-16-31-17-12-24/h6-7,18,20,22,24H,5,8-17,19H2,1-4H3,(H,27,30). The number of nitrogens with zero attached hydrogens (tertiary/aromatic N) is 2. The van der Waals surface area contributed by atoms with E-state index in [1.807, 2.05) is 30.0 Å². The van der Waals surface area contributed by atoms with Gasteiger partial charge in [-0.2, -0.15) is 0 Å². The molecule has 0 atom stereocenters. The van der Waals surface area contributed by atoms with Crippen molar-refractivity contribution in [1.29, 1.82) is 0 Å². The Hall–Kier alpha value is -1.79. The Morgan fingerprint density at radius 2 is 1.94 bits per heavy atom. The predicted octanol–water partition coefficient (Wildman–Crippen LogP) is 5.16. The van der Waals surface area contributed by atoms with Crippen molar-refractivity contribution in [2.75, 3.05) is 51.3 Å². The zero-order valence-corrected chi connectivity index (χ0v) is 20.6. The molecule has 0 unspecified atom stereocenters. The van der Waals surface area contributed by atoms with Crippen LogP contribution in [0, 0.1) is 18.8 Å². The maximum Gasteiger partial charge on any atom is 0.321 e. The summed E-state index contributed by atoms with van der Waals surface area (Å²) in [5.41, 5.74) is 1.89. The van der Waals surface area contributed by atoms with Crippen molar-refractivity contribution in [3.8, 4) is 5.75 Å². The van der Waals surface area contributed by atoms with Crippen molar-refractivity contribution in [3.05, 3.63) is 23.8 Å². The van der Waals surface area contributed by atoms with Crippen LogP contribution in [-0.2, 0) is 4.74 Å². The van der Waals surface area contributed by atoms with Crippen molar-refractivity contribution in [2.45, 2.75) is 65.9 Å². The number of urea groups is 1. The van der Waals surface area contributed by atoms with Gasteiger partial charge in [0.2, 0.25) is 0 Å². The molecule has 0 aromatic heterocycles. The number of nitrogens with one attached hydrogen (secondary N) is 1. The van der Waals surface area contributed by atoms with Crippen LogP contribution in [0.4, 0.5) is 10.5 Å². The SMILES string of the molecule is CCN(CCC1CCN(C(=O)Nc2ccc(OC3CCOCC3)c(C)c2)CC1)CC(C)C. The Morgan fingerprint density at radius 3 is 2.56 bits per heavy atom. The molecule has 0 bridgehead atoms. The number of piperidine rings is 1. The highest BCUT2D eigenvalue weighted by molar-refractivity contribution is 5.89. The van der Waals surface area contributed by atoms with E-state index in [-0.39, 0.29) is 12.1 Å². The van der Waals surface area contributed by atoms with Crippen LogP contribution in [0.15, 0.2) is 18.2 Å². The van der Waals surface area contributed by atoms with E-state index < -0.39 is 0 Å². The smallest absolute Gasteiger partial charge is 0.321 e. The van der Waals surface area contributed by atoms with Crippen molar-refractivity contribution in [2.24, 2.45) is 11.8 Å². The molecule has 0 aliphatic carbocycles. The second kappa shape index (κ2) is 12.4. The first kappa shape index (κ1) is 24.8. The van der Waals surface area contributed by atoms with E-state index >= 15 is 0 Å². The van der Waals surface area contributed by atoms with Gasteiger partial charge in [0.25, 0.3) is 0 Å². The fourth-order valence-corrected chi connectivity index (χ4v) is 4.72. The average molecular weight is 446 g/mol. The number of aryl methyl sites for hydroxylation is 1. The molecular formula is C26H43N3O3. The molecule has 3 rings (SSSR count). The number of ether oxygens (including phenoxy) is 2. The lowest BCUT2D eigenvalue weighted by Gasteiger charge is -2.33. The molecule has 0 saturated carbocycles. The van der Waals surface area contributed by atoms with E-state index in [9.17, 15) is 4.79 Å².